The topological polar surface area (TPSA) is 254 Å². The normalized spacial score (nSPS) is 15.2. The molecule has 0 aliphatic rings. The summed E-state index contributed by atoms with van der Waals surface area (Å²) in [5, 5.41) is 16.8. The van der Waals surface area contributed by atoms with Gasteiger partial charge >= 0.3 is 33.0 Å². The summed E-state index contributed by atoms with van der Waals surface area (Å²) in [7, 11) is -5.41. The molecule has 0 aliphatic carbocycles. The highest BCUT2D eigenvalue weighted by atomic mass is 32.2. The van der Waals surface area contributed by atoms with Gasteiger partial charge in [0.2, 0.25) is 11.9 Å². The molecule has 15 heteroatoms. The van der Waals surface area contributed by atoms with E-state index < -0.39 is 68.9 Å². The van der Waals surface area contributed by atoms with Crippen LogP contribution in [0.3, 0.4) is 0 Å². The predicted octanol–water partition coefficient (Wildman–Crippen LogP) is -1.22. The molecule has 1 aromatic rings. The molecule has 0 saturated carbocycles. The van der Waals surface area contributed by atoms with Crippen molar-refractivity contribution in [3.8, 4) is 0 Å². The number of aliphatic carboxylic acids is 2. The molecule has 0 aromatic heterocycles. The van der Waals surface area contributed by atoms with Crippen molar-refractivity contribution in [2.75, 3.05) is 0 Å². The van der Waals surface area contributed by atoms with Crippen LogP contribution in [0.4, 0.5) is 0 Å². The number of nitrogens with two attached hydrogens (primary N) is 2. The Bertz CT molecular complexity index is 1020. The van der Waals surface area contributed by atoms with Gasteiger partial charge in [0.05, 0.1) is 12.5 Å². The summed E-state index contributed by atoms with van der Waals surface area (Å²) in [5.74, 6) is -5.43. The fourth-order valence-electron chi connectivity index (χ4n) is 2.13. The molecule has 0 amide bonds. The van der Waals surface area contributed by atoms with Crippen molar-refractivity contribution in [3.05, 3.63) is 35.9 Å². The van der Waals surface area contributed by atoms with E-state index in [4.69, 9.17) is 26.4 Å². The van der Waals surface area contributed by atoms with Gasteiger partial charge in [-0.1, -0.05) is 30.3 Å². The van der Waals surface area contributed by atoms with E-state index >= 15 is 0 Å². The van der Waals surface area contributed by atoms with Crippen molar-refractivity contribution < 1.29 is 51.9 Å². The summed E-state index contributed by atoms with van der Waals surface area (Å²) in [5.41, 5.74) is 10.4. The van der Waals surface area contributed by atoms with E-state index in [2.05, 4.69) is 4.99 Å². The van der Waals surface area contributed by atoms with Crippen LogP contribution in [-0.2, 0) is 43.8 Å². The number of hydrogen-bond acceptors (Lipinski definition) is 11. The van der Waals surface area contributed by atoms with Crippen LogP contribution in [0.2, 0.25) is 0 Å². The van der Waals surface area contributed by atoms with Crippen LogP contribution >= 0.6 is 0 Å². The van der Waals surface area contributed by atoms with Gasteiger partial charge in [-0.3, -0.25) is 18.9 Å². The molecular weight excluding hydrogens is 466 g/mol. The van der Waals surface area contributed by atoms with E-state index in [1.807, 2.05) is 0 Å². The zero-order valence-electron chi connectivity index (χ0n) is 17.4. The number of hydrogen-bond donors (Lipinski definition) is 5. The zero-order chi connectivity index (χ0) is 26.0. The lowest BCUT2D eigenvalue weighted by atomic mass is 9.98. The average molecular weight is 489 g/mol. The molecule has 4 atom stereocenters. The highest BCUT2D eigenvalue weighted by molar-refractivity contribution is 7.87. The number of isocyanates is 1. The second kappa shape index (κ2) is 12.5. The van der Waals surface area contributed by atoms with E-state index in [9.17, 15) is 36.9 Å². The van der Waals surface area contributed by atoms with Crippen LogP contribution < -0.4 is 11.5 Å². The van der Waals surface area contributed by atoms with Crippen LogP contribution in [-0.4, -0.2) is 71.1 Å². The SMILES string of the molecule is CC(N)C(=O)OC(C(=O)C(N)CC(=O)O)(c1ccccc1)S(=O)(=O)O.CC(N=C=O)C(=O)O. The van der Waals surface area contributed by atoms with Crippen molar-refractivity contribution in [1.29, 1.82) is 0 Å². The lowest BCUT2D eigenvalue weighted by Gasteiger charge is -2.31. The summed E-state index contributed by atoms with van der Waals surface area (Å²) in [4.78, 5) is 54.2. The summed E-state index contributed by atoms with van der Waals surface area (Å²) < 4.78 is 38.6. The van der Waals surface area contributed by atoms with Gasteiger partial charge in [0.1, 0.15) is 6.04 Å². The van der Waals surface area contributed by atoms with Crippen molar-refractivity contribution in [2.24, 2.45) is 16.5 Å². The molecule has 0 heterocycles. The maximum atomic E-state index is 12.7. The Kier molecular flexibility index (Phi) is 11.2. The van der Waals surface area contributed by atoms with Crippen molar-refractivity contribution in [2.45, 2.75) is 43.3 Å². The van der Waals surface area contributed by atoms with Gasteiger partial charge < -0.3 is 26.4 Å². The van der Waals surface area contributed by atoms with Gasteiger partial charge in [0.25, 0.3) is 0 Å². The van der Waals surface area contributed by atoms with Gasteiger partial charge in [-0.05, 0) is 13.8 Å². The maximum Gasteiger partial charge on any atom is 0.329 e. The van der Waals surface area contributed by atoms with E-state index in [-0.39, 0.29) is 0 Å². The molecule has 0 aliphatic heterocycles. The first-order chi connectivity index (χ1) is 15.1. The molecule has 0 radical (unpaired) electrons. The molecule has 1 rings (SSSR count). The first-order valence-electron chi connectivity index (χ1n) is 8.94. The summed E-state index contributed by atoms with van der Waals surface area (Å²) in [6.45, 7) is 2.47. The second-order valence-corrected chi connectivity index (χ2v) is 8.00. The van der Waals surface area contributed by atoms with Gasteiger partial charge in [0.15, 0.2) is 6.04 Å². The van der Waals surface area contributed by atoms with Crippen LogP contribution in [0.1, 0.15) is 25.8 Å². The zero-order valence-corrected chi connectivity index (χ0v) is 18.3. The Morgan fingerprint density at radius 2 is 1.64 bits per heavy atom. The van der Waals surface area contributed by atoms with Gasteiger partial charge in [-0.25, -0.2) is 9.59 Å². The quantitative estimate of drug-likeness (QED) is 0.112. The Hall–Kier alpha value is -3.49. The van der Waals surface area contributed by atoms with Crippen LogP contribution in [0.25, 0.3) is 0 Å². The number of carbonyl (C=O) groups is 4. The molecule has 14 nitrogen and oxygen atoms in total. The Labute approximate surface area is 188 Å². The minimum atomic E-state index is -5.41. The molecule has 33 heavy (non-hydrogen) atoms. The lowest BCUT2D eigenvalue weighted by molar-refractivity contribution is -0.162. The number of rotatable bonds is 10. The third-order valence-electron chi connectivity index (χ3n) is 3.79. The first-order valence-corrected chi connectivity index (χ1v) is 10.4. The largest absolute Gasteiger partial charge is 0.481 e. The first kappa shape index (κ1) is 29.5. The van der Waals surface area contributed by atoms with E-state index in [1.54, 1.807) is 0 Å². The number of ether oxygens (including phenoxy) is 1. The number of benzene rings is 1. The number of nitrogens with zero attached hydrogens (tertiary/aromatic N) is 1. The number of Topliss-reactive ketones (excluding diaryl/α,β-unsaturated/α-hetero) is 1. The summed E-state index contributed by atoms with van der Waals surface area (Å²) in [6.07, 6.45) is 0.197. The number of aliphatic imine (C=N–C) groups is 1. The number of carbonyl (C=O) groups excluding carboxylic acids is 3. The monoisotopic (exact) mass is 489 g/mol. The highest BCUT2D eigenvalue weighted by Crippen LogP contribution is 2.34. The minimum absolute atomic E-state index is 0.419. The number of carboxylic acid groups (broad SMARTS) is 2. The van der Waals surface area contributed by atoms with Crippen LogP contribution in [0.5, 0.6) is 0 Å². The Morgan fingerprint density at radius 1 is 1.12 bits per heavy atom. The summed E-state index contributed by atoms with van der Waals surface area (Å²) in [6, 6.07) is 2.17. The van der Waals surface area contributed by atoms with Crippen LogP contribution in [0, 0.1) is 0 Å². The van der Waals surface area contributed by atoms with Gasteiger partial charge in [-0.2, -0.15) is 13.4 Å². The maximum absolute atomic E-state index is 12.7. The third kappa shape index (κ3) is 8.17. The number of esters is 1. The van der Waals surface area contributed by atoms with E-state index in [0.717, 1.165) is 18.2 Å². The van der Waals surface area contributed by atoms with Gasteiger partial charge in [0, 0.05) is 5.56 Å². The molecule has 0 spiro atoms. The molecule has 7 N–H and O–H groups in total. The molecule has 1 aromatic carbocycles. The van der Waals surface area contributed by atoms with Crippen molar-refractivity contribution in [3.63, 3.8) is 0 Å². The summed E-state index contributed by atoms with van der Waals surface area (Å²) >= 11 is 0. The minimum Gasteiger partial charge on any atom is -0.481 e. The van der Waals surface area contributed by atoms with Crippen molar-refractivity contribution >= 4 is 39.9 Å². The van der Waals surface area contributed by atoms with Gasteiger partial charge in [-0.15, -0.1) is 0 Å². The van der Waals surface area contributed by atoms with Crippen LogP contribution in [0.15, 0.2) is 35.3 Å². The molecule has 182 valence electrons. The molecule has 4 unspecified atom stereocenters. The third-order valence-corrected chi connectivity index (χ3v) is 5.04. The molecule has 0 bridgehead atoms. The predicted molar refractivity (Wildman–Crippen MR) is 110 cm³/mol. The molecular formula is C18H23N3O11S. The Morgan fingerprint density at radius 3 is 1.97 bits per heavy atom. The second-order valence-electron chi connectivity index (χ2n) is 6.47. The van der Waals surface area contributed by atoms with Crippen molar-refractivity contribution in [1.82, 2.24) is 0 Å². The highest BCUT2D eigenvalue weighted by Gasteiger charge is 2.57. The number of ketones is 1. The van der Waals surface area contributed by atoms with E-state index in [0.29, 0.717) is 0 Å². The smallest absolute Gasteiger partial charge is 0.329 e. The standard InChI is InChI=1S/C14H18N2O8S.C4H5NO3/c1-8(15)13(20)24-14(25(21,22)23,9-5-3-2-4-6-9)12(19)10(16)7-11(17)18;1-3(4(7)8)5-2-6/h2-6,8,10H,7,15-16H2,1H3,(H,17,18)(H,21,22,23);3H,1H3,(H,7,8). The Balaban J connectivity index is 0.00000109. The fourth-order valence-corrected chi connectivity index (χ4v) is 3.16. The lowest BCUT2D eigenvalue weighted by Crippen LogP contribution is -2.55. The number of carboxylic acids is 2. The fraction of sp³-hybridized carbons (Fsp3) is 0.389. The molecule has 0 saturated heterocycles. The van der Waals surface area contributed by atoms with E-state index in [1.165, 1.54) is 32.0 Å². The average Bonchev–Trinajstić information content (AvgIpc) is 2.71. The molecule has 0 fully saturated rings.